The molecule has 1 atom stereocenters. The van der Waals surface area contributed by atoms with E-state index >= 15 is 0 Å². The maximum Gasteiger partial charge on any atom is 0.417 e. The summed E-state index contributed by atoms with van der Waals surface area (Å²) in [4.78, 5) is -0.841. The van der Waals surface area contributed by atoms with Crippen molar-refractivity contribution in [3.8, 4) is 0 Å². The quantitative estimate of drug-likeness (QED) is 0.762. The molecule has 1 fully saturated rings. The van der Waals surface area contributed by atoms with Crippen LogP contribution in [0.5, 0.6) is 0 Å². The Morgan fingerprint density at radius 3 is 2.57 bits per heavy atom. The highest BCUT2D eigenvalue weighted by Gasteiger charge is 2.38. The predicted octanol–water partition coefficient (Wildman–Crippen LogP) is 0.708. The highest BCUT2D eigenvalue weighted by Crippen LogP contribution is 2.33. The Balaban J connectivity index is 2.24. The first-order valence-corrected chi connectivity index (χ1v) is 7.71. The van der Waals surface area contributed by atoms with Gasteiger partial charge in [0.1, 0.15) is 0 Å². The van der Waals surface area contributed by atoms with Crippen LogP contribution in [-0.4, -0.2) is 38.8 Å². The van der Waals surface area contributed by atoms with Crippen molar-refractivity contribution in [1.29, 1.82) is 0 Å². The van der Waals surface area contributed by atoms with E-state index < -0.39 is 32.3 Å². The lowest BCUT2D eigenvalue weighted by molar-refractivity contribution is -0.139. The third kappa shape index (κ3) is 3.73. The molecular weight excluding hydrogens is 309 g/mol. The molecule has 21 heavy (non-hydrogen) atoms. The van der Waals surface area contributed by atoms with Crippen LogP contribution in [0.25, 0.3) is 0 Å². The Morgan fingerprint density at radius 1 is 1.33 bits per heavy atom. The first-order chi connectivity index (χ1) is 9.64. The zero-order valence-corrected chi connectivity index (χ0v) is 11.8. The lowest BCUT2D eigenvalue weighted by Gasteiger charge is -2.22. The summed E-state index contributed by atoms with van der Waals surface area (Å²) in [6, 6.07) is 3.94. The van der Waals surface area contributed by atoms with Gasteiger partial charge in [-0.25, -0.2) is 13.1 Å². The van der Waals surface area contributed by atoms with Crippen molar-refractivity contribution in [3.63, 3.8) is 0 Å². The second kappa shape index (κ2) is 5.56. The summed E-state index contributed by atoms with van der Waals surface area (Å²) in [6.45, 7) is 0.377. The molecule has 3 N–H and O–H groups in total. The van der Waals surface area contributed by atoms with Crippen molar-refractivity contribution in [2.45, 2.75) is 23.1 Å². The fraction of sp³-hybridized carbons (Fsp3) is 0.500. The molecule has 1 aromatic rings. The van der Waals surface area contributed by atoms with Gasteiger partial charge in [-0.05, 0) is 25.1 Å². The maximum absolute atomic E-state index is 12.8. The molecule has 1 saturated heterocycles. The van der Waals surface area contributed by atoms with E-state index in [0.29, 0.717) is 19.0 Å². The monoisotopic (exact) mass is 324 g/mol. The molecule has 0 spiro atoms. The number of hydrogen-bond donors (Lipinski definition) is 3. The Labute approximate surface area is 120 Å². The minimum absolute atomic E-state index is 0.191. The Bertz CT molecular complexity index is 610. The smallest absolute Gasteiger partial charge is 0.387 e. The molecule has 1 aliphatic heterocycles. The third-order valence-corrected chi connectivity index (χ3v) is 4.75. The second-order valence-corrected chi connectivity index (χ2v) is 6.70. The Morgan fingerprint density at radius 2 is 2.00 bits per heavy atom. The summed E-state index contributed by atoms with van der Waals surface area (Å²) in [5, 5.41) is 12.9. The zero-order valence-electron chi connectivity index (χ0n) is 10.9. The van der Waals surface area contributed by atoms with Crippen molar-refractivity contribution in [1.82, 2.24) is 10.0 Å². The van der Waals surface area contributed by atoms with Crippen LogP contribution >= 0.6 is 0 Å². The lowest BCUT2D eigenvalue weighted by atomic mass is 10.1. The first-order valence-electron chi connectivity index (χ1n) is 6.23. The van der Waals surface area contributed by atoms with Crippen LogP contribution in [-0.2, 0) is 16.2 Å². The Hall–Kier alpha value is -1.16. The van der Waals surface area contributed by atoms with Crippen molar-refractivity contribution < 1.29 is 26.7 Å². The van der Waals surface area contributed by atoms with Crippen molar-refractivity contribution in [2.24, 2.45) is 0 Å². The van der Waals surface area contributed by atoms with Crippen LogP contribution in [0.15, 0.2) is 29.2 Å². The molecule has 0 aliphatic carbocycles. The van der Waals surface area contributed by atoms with Crippen molar-refractivity contribution >= 4 is 10.0 Å². The van der Waals surface area contributed by atoms with Gasteiger partial charge < -0.3 is 10.4 Å². The number of alkyl halides is 3. The summed E-state index contributed by atoms with van der Waals surface area (Å²) in [6.07, 6.45) is -4.44. The predicted molar refractivity (Wildman–Crippen MR) is 69.1 cm³/mol. The number of benzene rings is 1. The number of β-amino-alcohol motifs (C(OH)–C–C–N with tert-alkyl or cyclic N) is 1. The largest absolute Gasteiger partial charge is 0.417 e. The minimum atomic E-state index is -4.77. The van der Waals surface area contributed by atoms with Gasteiger partial charge in [-0.3, -0.25) is 0 Å². The van der Waals surface area contributed by atoms with E-state index in [0.717, 1.165) is 12.1 Å². The summed E-state index contributed by atoms with van der Waals surface area (Å²) >= 11 is 0. The van der Waals surface area contributed by atoms with E-state index in [1.165, 1.54) is 6.07 Å². The van der Waals surface area contributed by atoms with E-state index in [9.17, 15) is 26.7 Å². The molecule has 5 nitrogen and oxygen atoms in total. The molecule has 9 heteroatoms. The van der Waals surface area contributed by atoms with Crippen molar-refractivity contribution in [2.75, 3.05) is 19.6 Å². The number of nitrogens with one attached hydrogen (secondary N) is 2. The van der Waals surface area contributed by atoms with Crippen molar-refractivity contribution in [3.05, 3.63) is 29.8 Å². The number of sulfonamides is 1. The van der Waals surface area contributed by atoms with Crippen LogP contribution in [0.2, 0.25) is 0 Å². The van der Waals surface area contributed by atoms with Gasteiger partial charge in [0.25, 0.3) is 0 Å². The van der Waals surface area contributed by atoms with Crippen LogP contribution in [0.4, 0.5) is 13.2 Å². The maximum atomic E-state index is 12.8. The number of halogens is 3. The van der Waals surface area contributed by atoms with E-state index in [2.05, 4.69) is 10.0 Å². The van der Waals surface area contributed by atoms with Gasteiger partial charge in [-0.2, -0.15) is 13.2 Å². The minimum Gasteiger partial charge on any atom is -0.387 e. The summed E-state index contributed by atoms with van der Waals surface area (Å²) < 4.78 is 64.7. The van der Waals surface area contributed by atoms with Gasteiger partial charge in [-0.1, -0.05) is 12.1 Å². The fourth-order valence-corrected chi connectivity index (χ4v) is 3.47. The summed E-state index contributed by atoms with van der Waals surface area (Å²) in [7, 11) is -4.36. The van der Waals surface area contributed by atoms with Crippen LogP contribution in [0, 0.1) is 0 Å². The van der Waals surface area contributed by atoms with Gasteiger partial charge >= 0.3 is 6.18 Å². The molecule has 0 saturated carbocycles. The zero-order chi connectivity index (χ0) is 15.7. The molecule has 0 bridgehead atoms. The molecule has 1 aromatic carbocycles. The normalized spacial score (nSPS) is 23.4. The highest BCUT2D eigenvalue weighted by molar-refractivity contribution is 7.89. The van der Waals surface area contributed by atoms with Crippen LogP contribution in [0.1, 0.15) is 12.0 Å². The van der Waals surface area contributed by atoms with Gasteiger partial charge in [0, 0.05) is 13.1 Å². The lowest BCUT2D eigenvalue weighted by Crippen LogP contribution is -2.44. The van der Waals surface area contributed by atoms with Gasteiger partial charge in [0.2, 0.25) is 10.0 Å². The molecule has 0 aromatic heterocycles. The van der Waals surface area contributed by atoms with Gasteiger partial charge in [0.05, 0.1) is 16.1 Å². The van der Waals surface area contributed by atoms with Crippen LogP contribution in [0.3, 0.4) is 0 Å². The molecular formula is C12H15F3N2O3S. The first kappa shape index (κ1) is 16.2. The molecule has 0 radical (unpaired) electrons. The second-order valence-electron chi connectivity index (χ2n) is 4.97. The topological polar surface area (TPSA) is 78.4 Å². The SMILES string of the molecule is O=S(=O)(NCC1(O)CCNC1)c1ccccc1C(F)(F)F. The molecule has 2 rings (SSSR count). The average molecular weight is 324 g/mol. The van der Waals surface area contributed by atoms with E-state index in [-0.39, 0.29) is 13.1 Å². The number of aliphatic hydroxyl groups is 1. The average Bonchev–Trinajstić information content (AvgIpc) is 2.83. The number of hydrogen-bond acceptors (Lipinski definition) is 4. The Kier molecular flexibility index (Phi) is 4.29. The van der Waals surface area contributed by atoms with E-state index in [4.69, 9.17) is 0 Å². The molecule has 1 aliphatic rings. The molecule has 1 heterocycles. The summed E-state index contributed by atoms with van der Waals surface area (Å²) in [5.74, 6) is 0. The standard InChI is InChI=1S/C12H15F3N2O3S/c13-12(14,15)9-3-1-2-4-10(9)21(19,20)17-8-11(18)5-6-16-7-11/h1-4,16-18H,5-8H2. The van der Waals surface area contributed by atoms with E-state index in [1.807, 2.05) is 0 Å². The fourth-order valence-electron chi connectivity index (χ4n) is 2.12. The van der Waals surface area contributed by atoms with E-state index in [1.54, 1.807) is 0 Å². The summed E-state index contributed by atoms with van der Waals surface area (Å²) in [5.41, 5.74) is -2.51. The van der Waals surface area contributed by atoms with Crippen LogP contribution < -0.4 is 10.0 Å². The molecule has 118 valence electrons. The molecule has 0 amide bonds. The molecule has 1 unspecified atom stereocenters. The van der Waals surface area contributed by atoms with Gasteiger partial charge in [-0.15, -0.1) is 0 Å². The number of rotatable bonds is 4. The third-order valence-electron chi connectivity index (χ3n) is 3.29. The highest BCUT2D eigenvalue weighted by atomic mass is 32.2. The van der Waals surface area contributed by atoms with Gasteiger partial charge in [0.15, 0.2) is 0 Å².